The minimum absolute atomic E-state index is 0.0291. The van der Waals surface area contributed by atoms with Crippen LogP contribution in [-0.4, -0.2) is 54.2 Å². The van der Waals surface area contributed by atoms with Crippen molar-refractivity contribution in [2.75, 3.05) is 37.7 Å². The molecule has 3 heterocycles. The van der Waals surface area contributed by atoms with Crippen LogP contribution in [0.1, 0.15) is 62.6 Å². The van der Waals surface area contributed by atoms with Crippen molar-refractivity contribution in [3.8, 4) is 6.07 Å². The van der Waals surface area contributed by atoms with Crippen molar-refractivity contribution in [3.05, 3.63) is 23.4 Å². The van der Waals surface area contributed by atoms with Gasteiger partial charge in [0.1, 0.15) is 11.9 Å². The molecule has 6 nitrogen and oxygen atoms in total. The molecule has 3 fully saturated rings. The van der Waals surface area contributed by atoms with Gasteiger partial charge >= 0.3 is 0 Å². The van der Waals surface area contributed by atoms with Crippen molar-refractivity contribution in [2.24, 2.45) is 5.92 Å². The Kier molecular flexibility index (Phi) is 6.05. The first-order valence-electron chi connectivity index (χ1n) is 11.2. The Morgan fingerprint density at radius 1 is 1.21 bits per heavy atom. The zero-order chi connectivity index (χ0) is 20.3. The normalized spacial score (nSPS) is 24.8. The van der Waals surface area contributed by atoms with Gasteiger partial charge in [0.05, 0.1) is 23.7 Å². The zero-order valence-electron chi connectivity index (χ0n) is 17.5. The summed E-state index contributed by atoms with van der Waals surface area (Å²) in [6.45, 7) is 5.53. The summed E-state index contributed by atoms with van der Waals surface area (Å²) in [6.07, 6.45) is 8.98. The van der Waals surface area contributed by atoms with E-state index in [1.54, 1.807) is 0 Å². The SMILES string of the molecule is Cc1ccc(C#N)c(N2CCCC(C(=O)N3CCOC4(CCCCCC4)C3)C2)n1. The number of anilines is 1. The van der Waals surface area contributed by atoms with Gasteiger partial charge in [0.25, 0.3) is 0 Å². The molecule has 2 saturated heterocycles. The lowest BCUT2D eigenvalue weighted by Gasteiger charge is -2.44. The number of morpholine rings is 1. The van der Waals surface area contributed by atoms with Crippen LogP contribution in [0.2, 0.25) is 0 Å². The molecular formula is C23H32N4O2. The summed E-state index contributed by atoms with van der Waals surface area (Å²) in [6, 6.07) is 5.96. The molecule has 1 unspecified atom stereocenters. The second-order valence-electron chi connectivity index (χ2n) is 8.93. The molecule has 2 aliphatic heterocycles. The number of piperidine rings is 1. The van der Waals surface area contributed by atoms with E-state index >= 15 is 0 Å². The summed E-state index contributed by atoms with van der Waals surface area (Å²) < 4.78 is 6.24. The highest BCUT2D eigenvalue weighted by Gasteiger charge is 2.40. The number of hydrogen-bond acceptors (Lipinski definition) is 5. The lowest BCUT2D eigenvalue weighted by Crippen LogP contribution is -2.56. The number of nitriles is 1. The maximum Gasteiger partial charge on any atom is 0.227 e. The third-order valence-corrected chi connectivity index (χ3v) is 6.78. The van der Waals surface area contributed by atoms with Crippen LogP contribution in [0.15, 0.2) is 12.1 Å². The van der Waals surface area contributed by atoms with Crippen LogP contribution in [0.4, 0.5) is 5.82 Å². The van der Waals surface area contributed by atoms with Crippen molar-refractivity contribution < 1.29 is 9.53 Å². The third-order valence-electron chi connectivity index (χ3n) is 6.78. The lowest BCUT2D eigenvalue weighted by atomic mass is 9.90. The molecule has 0 radical (unpaired) electrons. The molecule has 1 aliphatic carbocycles. The summed E-state index contributed by atoms with van der Waals surface area (Å²) in [5.41, 5.74) is 1.37. The van der Waals surface area contributed by atoms with E-state index in [1.807, 2.05) is 19.1 Å². The van der Waals surface area contributed by atoms with Gasteiger partial charge in [0.2, 0.25) is 5.91 Å². The van der Waals surface area contributed by atoms with E-state index in [0.29, 0.717) is 25.3 Å². The maximum absolute atomic E-state index is 13.4. The van der Waals surface area contributed by atoms with E-state index in [9.17, 15) is 10.1 Å². The smallest absolute Gasteiger partial charge is 0.227 e. The quantitative estimate of drug-likeness (QED) is 0.766. The molecule has 1 atom stereocenters. The Balaban J connectivity index is 1.46. The van der Waals surface area contributed by atoms with Gasteiger partial charge < -0.3 is 14.5 Å². The largest absolute Gasteiger partial charge is 0.371 e. The van der Waals surface area contributed by atoms with Crippen molar-refractivity contribution in [1.29, 1.82) is 5.26 Å². The summed E-state index contributed by atoms with van der Waals surface area (Å²) in [7, 11) is 0. The van der Waals surface area contributed by atoms with Crippen LogP contribution in [0.3, 0.4) is 0 Å². The van der Waals surface area contributed by atoms with Crippen LogP contribution >= 0.6 is 0 Å². The molecule has 0 N–H and O–H groups in total. The van der Waals surface area contributed by atoms with Gasteiger partial charge in [-0.2, -0.15) is 5.26 Å². The molecule has 3 aliphatic rings. The van der Waals surface area contributed by atoms with Gasteiger partial charge in [-0.25, -0.2) is 4.98 Å². The molecular weight excluding hydrogens is 364 g/mol. The lowest BCUT2D eigenvalue weighted by molar-refractivity contribution is -0.157. The van der Waals surface area contributed by atoms with Gasteiger partial charge in [0, 0.05) is 31.9 Å². The highest BCUT2D eigenvalue weighted by Crippen LogP contribution is 2.34. The van der Waals surface area contributed by atoms with Crippen molar-refractivity contribution >= 4 is 11.7 Å². The minimum Gasteiger partial charge on any atom is -0.371 e. The first-order valence-corrected chi connectivity index (χ1v) is 11.2. The maximum atomic E-state index is 13.4. The summed E-state index contributed by atoms with van der Waals surface area (Å²) in [5, 5.41) is 9.48. The second kappa shape index (κ2) is 8.71. The fraction of sp³-hybridized carbons (Fsp3) is 0.696. The van der Waals surface area contributed by atoms with Crippen LogP contribution in [0.5, 0.6) is 0 Å². The van der Waals surface area contributed by atoms with Crippen molar-refractivity contribution in [2.45, 2.75) is 63.9 Å². The van der Waals surface area contributed by atoms with E-state index in [0.717, 1.165) is 50.3 Å². The zero-order valence-corrected chi connectivity index (χ0v) is 17.5. The first kappa shape index (κ1) is 20.2. The van der Waals surface area contributed by atoms with Gasteiger partial charge in [-0.1, -0.05) is 25.7 Å². The molecule has 1 aromatic heterocycles. The number of aromatic nitrogens is 1. The van der Waals surface area contributed by atoms with E-state index in [1.165, 1.54) is 25.7 Å². The fourth-order valence-electron chi connectivity index (χ4n) is 5.21. The third kappa shape index (κ3) is 4.40. The molecule has 1 spiro atoms. The molecule has 1 aromatic rings. The predicted octanol–water partition coefficient (Wildman–Crippen LogP) is 3.43. The van der Waals surface area contributed by atoms with Crippen molar-refractivity contribution in [3.63, 3.8) is 0 Å². The Morgan fingerprint density at radius 2 is 2.00 bits per heavy atom. The highest BCUT2D eigenvalue weighted by atomic mass is 16.5. The number of carbonyl (C=O) groups excluding carboxylic acids is 1. The van der Waals surface area contributed by atoms with E-state index < -0.39 is 0 Å². The number of ether oxygens (including phenoxy) is 1. The Bertz CT molecular complexity index is 780. The number of carbonyl (C=O) groups is 1. The van der Waals surface area contributed by atoms with Gasteiger partial charge in [-0.3, -0.25) is 4.79 Å². The summed E-state index contributed by atoms with van der Waals surface area (Å²) in [5.74, 6) is 0.957. The van der Waals surface area contributed by atoms with Crippen LogP contribution < -0.4 is 4.90 Å². The molecule has 0 aromatic carbocycles. The molecule has 0 bridgehead atoms. The van der Waals surface area contributed by atoms with E-state index in [-0.39, 0.29) is 17.4 Å². The standard InChI is InChI=1S/C23H32N4O2/c1-18-8-9-19(15-24)21(25-18)26-12-6-7-20(16-26)22(28)27-13-14-29-23(17-27)10-4-2-3-5-11-23/h8-9,20H,2-7,10-14,16-17H2,1H3. The van der Waals surface area contributed by atoms with E-state index in [2.05, 4.69) is 20.9 Å². The van der Waals surface area contributed by atoms with E-state index in [4.69, 9.17) is 4.74 Å². The molecule has 6 heteroatoms. The molecule has 4 rings (SSSR count). The topological polar surface area (TPSA) is 69.5 Å². The Labute approximate surface area is 173 Å². The molecule has 1 amide bonds. The number of hydrogen-bond donors (Lipinski definition) is 0. The monoisotopic (exact) mass is 396 g/mol. The van der Waals surface area contributed by atoms with Gasteiger partial charge in [-0.05, 0) is 44.7 Å². The van der Waals surface area contributed by atoms with Gasteiger partial charge in [0.15, 0.2) is 0 Å². The number of aryl methyl sites for hydroxylation is 1. The van der Waals surface area contributed by atoms with Gasteiger partial charge in [-0.15, -0.1) is 0 Å². The average Bonchev–Trinajstić information content (AvgIpc) is 2.98. The Hall–Kier alpha value is -2.13. The predicted molar refractivity (Wildman–Crippen MR) is 112 cm³/mol. The minimum atomic E-state index is -0.120. The summed E-state index contributed by atoms with van der Waals surface area (Å²) >= 11 is 0. The van der Waals surface area contributed by atoms with Crippen molar-refractivity contribution in [1.82, 2.24) is 9.88 Å². The average molecular weight is 397 g/mol. The fourth-order valence-corrected chi connectivity index (χ4v) is 5.21. The number of nitrogens with zero attached hydrogens (tertiary/aromatic N) is 4. The summed E-state index contributed by atoms with van der Waals surface area (Å²) in [4.78, 5) is 22.2. The number of rotatable bonds is 2. The Morgan fingerprint density at radius 3 is 2.76 bits per heavy atom. The molecule has 1 saturated carbocycles. The van der Waals surface area contributed by atoms with Crippen LogP contribution in [-0.2, 0) is 9.53 Å². The first-order chi connectivity index (χ1) is 14.1. The molecule has 29 heavy (non-hydrogen) atoms. The van der Waals surface area contributed by atoms with Crippen LogP contribution in [0.25, 0.3) is 0 Å². The number of amides is 1. The second-order valence-corrected chi connectivity index (χ2v) is 8.93. The van der Waals surface area contributed by atoms with Crippen LogP contribution in [0, 0.1) is 24.2 Å². The molecule has 156 valence electrons. The highest BCUT2D eigenvalue weighted by molar-refractivity contribution is 5.80. The number of pyridine rings is 1.